The van der Waals surface area contributed by atoms with Gasteiger partial charge in [0.15, 0.2) is 5.12 Å². The molecule has 0 spiro atoms. The first-order chi connectivity index (χ1) is 7.48. The number of carbonyl (C=O) groups excluding carboxylic acids is 1. The lowest BCUT2D eigenvalue weighted by atomic mass is 9.76. The van der Waals surface area contributed by atoms with Crippen molar-refractivity contribution in [2.45, 2.75) is 53.4 Å². The quantitative estimate of drug-likeness (QED) is 0.522. The van der Waals surface area contributed by atoms with Crippen LogP contribution in [0.4, 0.5) is 0 Å². The lowest BCUT2D eigenvalue weighted by Gasteiger charge is -2.29. The Bertz CT molecular complexity index is 278. The van der Waals surface area contributed by atoms with Crippen molar-refractivity contribution in [3.63, 3.8) is 0 Å². The molecule has 1 aliphatic rings. The zero-order valence-corrected chi connectivity index (χ0v) is 11.8. The third kappa shape index (κ3) is 3.38. The Kier molecular flexibility index (Phi) is 5.10. The van der Waals surface area contributed by atoms with Gasteiger partial charge in [-0.15, -0.1) is 0 Å². The van der Waals surface area contributed by atoms with E-state index in [0.29, 0.717) is 11.0 Å². The summed E-state index contributed by atoms with van der Waals surface area (Å²) in [5.41, 5.74) is 1.67. The van der Waals surface area contributed by atoms with Gasteiger partial charge in [-0.1, -0.05) is 50.6 Å². The minimum Gasteiger partial charge on any atom is -0.287 e. The number of unbranched alkanes of at least 4 members (excludes halogenated alkanes) is 1. The zero-order valence-electron chi connectivity index (χ0n) is 11.0. The maximum absolute atomic E-state index is 11.8. The van der Waals surface area contributed by atoms with Crippen molar-refractivity contribution < 1.29 is 4.79 Å². The van der Waals surface area contributed by atoms with Crippen LogP contribution in [0.1, 0.15) is 53.4 Å². The summed E-state index contributed by atoms with van der Waals surface area (Å²) in [5.74, 6) is 1.52. The van der Waals surface area contributed by atoms with Gasteiger partial charge in [0.05, 0.1) is 0 Å². The van der Waals surface area contributed by atoms with E-state index in [1.54, 1.807) is 0 Å². The monoisotopic (exact) mass is 240 g/mol. The Balaban J connectivity index is 2.36. The Morgan fingerprint density at radius 2 is 2.25 bits per heavy atom. The van der Waals surface area contributed by atoms with Crippen molar-refractivity contribution in [2.75, 3.05) is 5.75 Å². The van der Waals surface area contributed by atoms with Crippen LogP contribution in [-0.2, 0) is 4.79 Å². The molecule has 0 N–H and O–H groups in total. The lowest BCUT2D eigenvalue weighted by Crippen LogP contribution is -2.22. The van der Waals surface area contributed by atoms with Crippen LogP contribution in [0.2, 0.25) is 0 Å². The molecule has 2 heteroatoms. The molecule has 1 atom stereocenters. The third-order valence-electron chi connectivity index (χ3n) is 3.92. The average Bonchev–Trinajstić information content (AvgIpc) is 2.45. The summed E-state index contributed by atoms with van der Waals surface area (Å²) in [4.78, 5) is 11.8. The van der Waals surface area contributed by atoms with Gasteiger partial charge in [-0.25, -0.2) is 0 Å². The second kappa shape index (κ2) is 5.90. The first-order valence-corrected chi connectivity index (χ1v) is 7.30. The van der Waals surface area contributed by atoms with Crippen molar-refractivity contribution in [3.05, 3.63) is 11.6 Å². The van der Waals surface area contributed by atoms with Crippen LogP contribution in [-0.4, -0.2) is 10.9 Å². The molecule has 0 aliphatic heterocycles. The van der Waals surface area contributed by atoms with Crippen LogP contribution < -0.4 is 0 Å². The first-order valence-electron chi connectivity index (χ1n) is 6.31. The molecular formula is C14H24OS. The highest BCUT2D eigenvalue weighted by atomic mass is 32.2. The maximum atomic E-state index is 11.8. The molecule has 0 bridgehead atoms. The Morgan fingerprint density at radius 3 is 2.75 bits per heavy atom. The molecular weight excluding hydrogens is 216 g/mol. The number of carbonyl (C=O) groups is 1. The van der Waals surface area contributed by atoms with Gasteiger partial charge in [0.25, 0.3) is 0 Å². The van der Waals surface area contributed by atoms with Gasteiger partial charge < -0.3 is 0 Å². The Labute approximate surface area is 104 Å². The molecule has 0 aromatic rings. The van der Waals surface area contributed by atoms with Gasteiger partial charge in [0.2, 0.25) is 0 Å². The number of hydrogen-bond donors (Lipinski definition) is 0. The maximum Gasteiger partial charge on any atom is 0.189 e. The molecule has 0 aromatic heterocycles. The SMILES string of the molecule is CCCCSC(=O)C[C@@H]1CC=C(C)C1(C)C. The summed E-state index contributed by atoms with van der Waals surface area (Å²) >= 11 is 1.53. The van der Waals surface area contributed by atoms with Crippen LogP contribution in [0, 0.1) is 11.3 Å². The van der Waals surface area contributed by atoms with E-state index in [4.69, 9.17) is 0 Å². The van der Waals surface area contributed by atoms with Gasteiger partial charge in [-0.3, -0.25) is 4.79 Å². The van der Waals surface area contributed by atoms with E-state index in [1.807, 2.05) is 0 Å². The molecule has 16 heavy (non-hydrogen) atoms. The second-order valence-corrected chi connectivity index (χ2v) is 6.47. The number of allylic oxidation sites excluding steroid dienone is 2. The van der Waals surface area contributed by atoms with Crippen molar-refractivity contribution in [2.24, 2.45) is 11.3 Å². The Morgan fingerprint density at radius 1 is 1.56 bits per heavy atom. The fourth-order valence-corrected chi connectivity index (χ4v) is 3.11. The molecule has 0 fully saturated rings. The van der Waals surface area contributed by atoms with Crippen LogP contribution >= 0.6 is 11.8 Å². The van der Waals surface area contributed by atoms with Gasteiger partial charge in [0, 0.05) is 12.2 Å². The highest BCUT2D eigenvalue weighted by Gasteiger charge is 2.35. The van der Waals surface area contributed by atoms with Crippen molar-refractivity contribution in [1.82, 2.24) is 0 Å². The summed E-state index contributed by atoms with van der Waals surface area (Å²) in [6.45, 7) is 8.88. The second-order valence-electron chi connectivity index (χ2n) is 5.32. The van der Waals surface area contributed by atoms with Gasteiger partial charge in [-0.2, -0.15) is 0 Å². The summed E-state index contributed by atoms with van der Waals surface area (Å²) < 4.78 is 0. The molecule has 0 heterocycles. The van der Waals surface area contributed by atoms with E-state index in [1.165, 1.54) is 23.8 Å². The highest BCUT2D eigenvalue weighted by Crippen LogP contribution is 2.45. The highest BCUT2D eigenvalue weighted by molar-refractivity contribution is 8.13. The predicted octanol–water partition coefficient (Wildman–Crippen LogP) is 4.43. The third-order valence-corrected chi connectivity index (χ3v) is 4.90. The van der Waals surface area contributed by atoms with E-state index in [0.717, 1.165) is 25.0 Å². The molecule has 1 aliphatic carbocycles. The lowest BCUT2D eigenvalue weighted by molar-refractivity contribution is -0.112. The molecule has 0 unspecified atom stereocenters. The first kappa shape index (κ1) is 13.8. The average molecular weight is 240 g/mol. The van der Waals surface area contributed by atoms with Crippen LogP contribution in [0.15, 0.2) is 11.6 Å². The normalized spacial score (nSPS) is 23.2. The summed E-state index contributed by atoms with van der Waals surface area (Å²) in [6, 6.07) is 0. The largest absolute Gasteiger partial charge is 0.287 e. The van der Waals surface area contributed by atoms with Crippen LogP contribution in [0.5, 0.6) is 0 Å². The minimum atomic E-state index is 0.223. The molecule has 1 nitrogen and oxygen atoms in total. The van der Waals surface area contributed by atoms with Gasteiger partial charge >= 0.3 is 0 Å². The van der Waals surface area contributed by atoms with Crippen molar-refractivity contribution in [3.8, 4) is 0 Å². The van der Waals surface area contributed by atoms with E-state index in [-0.39, 0.29) is 5.41 Å². The van der Waals surface area contributed by atoms with Gasteiger partial charge in [0.1, 0.15) is 0 Å². The molecule has 0 saturated heterocycles. The smallest absolute Gasteiger partial charge is 0.189 e. The standard InChI is InChI=1S/C14H24OS/c1-5-6-9-16-13(15)10-12-8-7-11(2)14(12,3)4/h7,12H,5-6,8-10H2,1-4H3/t12-/m0/s1. The number of thioether (sulfide) groups is 1. The van der Waals surface area contributed by atoms with Gasteiger partial charge in [-0.05, 0) is 31.1 Å². The molecule has 0 saturated carbocycles. The van der Waals surface area contributed by atoms with Crippen molar-refractivity contribution >= 4 is 16.9 Å². The van der Waals surface area contributed by atoms with Crippen LogP contribution in [0.25, 0.3) is 0 Å². The molecule has 0 aromatic carbocycles. The molecule has 0 amide bonds. The van der Waals surface area contributed by atoms with E-state index in [9.17, 15) is 4.79 Å². The number of rotatable bonds is 5. The summed E-state index contributed by atoms with van der Waals surface area (Å²) in [6.07, 6.45) is 6.46. The molecule has 92 valence electrons. The topological polar surface area (TPSA) is 17.1 Å². The molecule has 1 rings (SSSR count). The van der Waals surface area contributed by atoms with E-state index < -0.39 is 0 Å². The minimum absolute atomic E-state index is 0.223. The van der Waals surface area contributed by atoms with E-state index >= 15 is 0 Å². The summed E-state index contributed by atoms with van der Waals surface area (Å²) in [5, 5.41) is 0.384. The number of hydrogen-bond acceptors (Lipinski definition) is 2. The summed E-state index contributed by atoms with van der Waals surface area (Å²) in [7, 11) is 0. The van der Waals surface area contributed by atoms with Crippen LogP contribution in [0.3, 0.4) is 0 Å². The van der Waals surface area contributed by atoms with Crippen molar-refractivity contribution in [1.29, 1.82) is 0 Å². The molecule has 0 radical (unpaired) electrons. The fourth-order valence-electron chi connectivity index (χ4n) is 2.13. The van der Waals surface area contributed by atoms with E-state index in [2.05, 4.69) is 33.8 Å². The predicted molar refractivity (Wildman–Crippen MR) is 72.6 cm³/mol. The fraction of sp³-hybridized carbons (Fsp3) is 0.786. The zero-order chi connectivity index (χ0) is 12.2. The Hall–Kier alpha value is -0.240.